The second kappa shape index (κ2) is 8.22. The third-order valence-electron chi connectivity index (χ3n) is 3.85. The summed E-state index contributed by atoms with van der Waals surface area (Å²) in [4.78, 5) is 28.0. The largest absolute Gasteiger partial charge is 0.493 e. The molecule has 0 fully saturated rings. The lowest BCUT2D eigenvalue weighted by Crippen LogP contribution is -2.20. The summed E-state index contributed by atoms with van der Waals surface area (Å²) in [6, 6.07) is 10.3. The number of benzene rings is 2. The zero-order valence-corrected chi connectivity index (χ0v) is 16.6. The minimum absolute atomic E-state index is 0.221. The van der Waals surface area contributed by atoms with E-state index in [0.29, 0.717) is 28.0 Å². The van der Waals surface area contributed by atoms with Crippen LogP contribution >= 0.6 is 15.9 Å². The Balaban J connectivity index is 2.07. The topological polar surface area (TPSA) is 103 Å². The SMILES string of the molecule is COc1cccc(C=Nn2c(C)nc3ccc(Br)cc3c2=O)c1OCC(=O)O. The predicted molar refractivity (Wildman–Crippen MR) is 108 cm³/mol. The number of fused-ring (bicyclic) bond motifs is 1. The Hall–Kier alpha value is -3.20. The van der Waals surface area contributed by atoms with E-state index in [1.165, 1.54) is 18.0 Å². The van der Waals surface area contributed by atoms with E-state index in [9.17, 15) is 9.59 Å². The number of para-hydroxylation sites is 1. The van der Waals surface area contributed by atoms with Crippen LogP contribution in [0.5, 0.6) is 11.5 Å². The number of halogens is 1. The van der Waals surface area contributed by atoms with E-state index in [2.05, 4.69) is 26.0 Å². The van der Waals surface area contributed by atoms with Crippen LogP contribution in [0.4, 0.5) is 0 Å². The van der Waals surface area contributed by atoms with Crippen molar-refractivity contribution in [2.75, 3.05) is 13.7 Å². The molecule has 9 heteroatoms. The fourth-order valence-corrected chi connectivity index (χ4v) is 2.96. The van der Waals surface area contributed by atoms with E-state index in [-0.39, 0.29) is 11.3 Å². The number of hydrogen-bond donors (Lipinski definition) is 1. The summed E-state index contributed by atoms with van der Waals surface area (Å²) in [6.45, 7) is 1.14. The first-order chi connectivity index (χ1) is 13.4. The van der Waals surface area contributed by atoms with Gasteiger partial charge in [0.15, 0.2) is 18.1 Å². The second-order valence-electron chi connectivity index (χ2n) is 5.74. The molecule has 1 heterocycles. The van der Waals surface area contributed by atoms with Crippen molar-refractivity contribution in [2.45, 2.75) is 6.92 Å². The molecule has 0 aliphatic rings. The van der Waals surface area contributed by atoms with Gasteiger partial charge in [0, 0.05) is 10.0 Å². The third-order valence-corrected chi connectivity index (χ3v) is 4.34. The van der Waals surface area contributed by atoms with E-state index < -0.39 is 12.6 Å². The maximum Gasteiger partial charge on any atom is 0.341 e. The van der Waals surface area contributed by atoms with E-state index in [0.717, 1.165) is 4.47 Å². The molecule has 8 nitrogen and oxygen atoms in total. The van der Waals surface area contributed by atoms with Crippen molar-refractivity contribution in [1.82, 2.24) is 9.66 Å². The summed E-state index contributed by atoms with van der Waals surface area (Å²) in [6.07, 6.45) is 1.40. The molecule has 0 spiro atoms. The number of methoxy groups -OCH3 is 1. The summed E-state index contributed by atoms with van der Waals surface area (Å²) < 4.78 is 12.5. The van der Waals surface area contributed by atoms with Gasteiger partial charge in [0.2, 0.25) is 0 Å². The molecule has 144 valence electrons. The molecule has 3 aromatic rings. The number of aliphatic carboxylic acids is 1. The van der Waals surface area contributed by atoms with Gasteiger partial charge in [-0.05, 0) is 37.3 Å². The molecular formula is C19H16BrN3O5. The van der Waals surface area contributed by atoms with Gasteiger partial charge in [0.1, 0.15) is 5.82 Å². The molecule has 0 bridgehead atoms. The molecule has 0 saturated heterocycles. The van der Waals surface area contributed by atoms with Crippen LogP contribution < -0.4 is 15.0 Å². The highest BCUT2D eigenvalue weighted by Crippen LogP contribution is 2.30. The van der Waals surface area contributed by atoms with Crippen LogP contribution in [0.3, 0.4) is 0 Å². The van der Waals surface area contributed by atoms with Crippen molar-refractivity contribution in [3.8, 4) is 11.5 Å². The van der Waals surface area contributed by atoms with Gasteiger partial charge >= 0.3 is 5.97 Å². The van der Waals surface area contributed by atoms with Crippen LogP contribution in [0, 0.1) is 6.92 Å². The van der Waals surface area contributed by atoms with E-state index in [4.69, 9.17) is 14.6 Å². The smallest absolute Gasteiger partial charge is 0.341 e. The molecule has 0 aliphatic carbocycles. The lowest BCUT2D eigenvalue weighted by atomic mass is 10.2. The molecule has 1 aromatic heterocycles. The number of carbonyl (C=O) groups is 1. The van der Waals surface area contributed by atoms with Crippen LogP contribution in [0.2, 0.25) is 0 Å². The summed E-state index contributed by atoms with van der Waals surface area (Å²) in [7, 11) is 1.45. The molecule has 0 aliphatic heterocycles. The first-order valence-electron chi connectivity index (χ1n) is 8.15. The van der Waals surface area contributed by atoms with E-state index >= 15 is 0 Å². The molecule has 0 saturated carbocycles. The monoisotopic (exact) mass is 445 g/mol. The Bertz CT molecular complexity index is 1140. The van der Waals surface area contributed by atoms with Gasteiger partial charge in [0.25, 0.3) is 5.56 Å². The Morgan fingerprint density at radius 1 is 1.36 bits per heavy atom. The van der Waals surface area contributed by atoms with Gasteiger partial charge in [-0.3, -0.25) is 4.79 Å². The number of nitrogens with zero attached hydrogens (tertiary/aromatic N) is 3. The molecule has 0 amide bonds. The standard InChI is InChI=1S/C19H16BrN3O5/c1-11-22-15-7-6-13(20)8-14(15)19(26)23(11)21-9-12-4-3-5-16(27-2)18(12)28-10-17(24)25/h3-9H,10H2,1-2H3,(H,24,25). The first kappa shape index (κ1) is 19.6. The zero-order chi connectivity index (χ0) is 20.3. The van der Waals surface area contributed by atoms with Crippen molar-refractivity contribution in [2.24, 2.45) is 5.10 Å². The number of carboxylic acids is 1. The summed E-state index contributed by atoms with van der Waals surface area (Å²) in [5.74, 6) is -0.134. The van der Waals surface area contributed by atoms with Gasteiger partial charge in [-0.1, -0.05) is 22.0 Å². The van der Waals surface area contributed by atoms with Crippen molar-refractivity contribution in [1.29, 1.82) is 0 Å². The lowest BCUT2D eigenvalue weighted by Gasteiger charge is -2.12. The quantitative estimate of drug-likeness (QED) is 0.585. The lowest BCUT2D eigenvalue weighted by molar-refractivity contribution is -0.139. The maximum absolute atomic E-state index is 12.8. The molecule has 0 radical (unpaired) electrons. The highest BCUT2D eigenvalue weighted by molar-refractivity contribution is 9.10. The number of carboxylic acid groups (broad SMARTS) is 1. The minimum atomic E-state index is -1.12. The second-order valence-corrected chi connectivity index (χ2v) is 6.66. The number of aromatic nitrogens is 2. The maximum atomic E-state index is 12.8. The first-order valence-corrected chi connectivity index (χ1v) is 8.95. The van der Waals surface area contributed by atoms with Crippen LogP contribution in [-0.4, -0.2) is 40.7 Å². The Kier molecular flexibility index (Phi) is 5.74. The van der Waals surface area contributed by atoms with Gasteiger partial charge in [0.05, 0.1) is 24.2 Å². The third kappa shape index (κ3) is 4.04. The fourth-order valence-electron chi connectivity index (χ4n) is 2.60. The minimum Gasteiger partial charge on any atom is -0.493 e. The molecule has 28 heavy (non-hydrogen) atoms. The molecular weight excluding hydrogens is 430 g/mol. The van der Waals surface area contributed by atoms with Crippen LogP contribution in [0.25, 0.3) is 10.9 Å². The summed E-state index contributed by atoms with van der Waals surface area (Å²) in [5, 5.41) is 13.5. The average molecular weight is 446 g/mol. The normalized spacial score (nSPS) is 11.1. The molecule has 0 atom stereocenters. The van der Waals surface area contributed by atoms with Crippen molar-refractivity contribution in [3.63, 3.8) is 0 Å². The molecule has 1 N–H and O–H groups in total. The summed E-state index contributed by atoms with van der Waals surface area (Å²) in [5.41, 5.74) is 0.709. The van der Waals surface area contributed by atoms with Crippen LogP contribution in [0.15, 0.2) is 50.8 Å². The number of aryl methyl sites for hydroxylation is 1. The molecule has 3 rings (SSSR count). The van der Waals surface area contributed by atoms with Gasteiger partial charge in [-0.2, -0.15) is 9.78 Å². The van der Waals surface area contributed by atoms with Crippen molar-refractivity contribution in [3.05, 3.63) is 62.6 Å². The van der Waals surface area contributed by atoms with Gasteiger partial charge < -0.3 is 14.6 Å². The van der Waals surface area contributed by atoms with Crippen molar-refractivity contribution >= 4 is 39.0 Å². The molecule has 0 unspecified atom stereocenters. The van der Waals surface area contributed by atoms with Gasteiger partial charge in [-0.15, -0.1) is 0 Å². The highest BCUT2D eigenvalue weighted by Gasteiger charge is 2.12. The molecule has 2 aromatic carbocycles. The Morgan fingerprint density at radius 3 is 2.86 bits per heavy atom. The Morgan fingerprint density at radius 2 is 2.14 bits per heavy atom. The van der Waals surface area contributed by atoms with Crippen LogP contribution in [0.1, 0.15) is 11.4 Å². The highest BCUT2D eigenvalue weighted by atomic mass is 79.9. The van der Waals surface area contributed by atoms with E-state index in [1.54, 1.807) is 37.3 Å². The predicted octanol–water partition coefficient (Wildman–Crippen LogP) is 2.82. The van der Waals surface area contributed by atoms with Crippen molar-refractivity contribution < 1.29 is 19.4 Å². The number of rotatable bonds is 6. The summed E-state index contributed by atoms with van der Waals surface area (Å²) >= 11 is 3.35. The van der Waals surface area contributed by atoms with Gasteiger partial charge in [-0.25, -0.2) is 9.78 Å². The number of ether oxygens (including phenoxy) is 2. The average Bonchev–Trinajstić information content (AvgIpc) is 2.67. The zero-order valence-electron chi connectivity index (χ0n) is 15.0. The Labute approximate surface area is 168 Å². The van der Waals surface area contributed by atoms with Crippen LogP contribution in [-0.2, 0) is 4.79 Å². The fraction of sp³-hybridized carbons (Fsp3) is 0.158. The number of hydrogen-bond acceptors (Lipinski definition) is 6. The van der Waals surface area contributed by atoms with E-state index in [1.807, 2.05) is 6.07 Å².